The SMILES string of the molecule is C=C(CNC(C)(C)C)CN(C)CCOCC. The summed E-state index contributed by atoms with van der Waals surface area (Å²) in [6.45, 7) is 17.0. The summed E-state index contributed by atoms with van der Waals surface area (Å²) in [4.78, 5) is 2.24. The van der Waals surface area contributed by atoms with Gasteiger partial charge in [0.15, 0.2) is 0 Å². The number of likely N-dealkylation sites (N-methyl/N-ethyl adjacent to an activating group) is 1. The zero-order chi connectivity index (χ0) is 12.6. The van der Waals surface area contributed by atoms with Gasteiger partial charge in [-0.1, -0.05) is 6.58 Å². The first-order valence-electron chi connectivity index (χ1n) is 6.03. The molecule has 0 aromatic rings. The van der Waals surface area contributed by atoms with E-state index < -0.39 is 0 Å². The van der Waals surface area contributed by atoms with E-state index in [-0.39, 0.29) is 5.54 Å². The molecule has 0 aliphatic carbocycles. The zero-order valence-corrected chi connectivity index (χ0v) is 11.6. The predicted molar refractivity (Wildman–Crippen MR) is 70.9 cm³/mol. The Kier molecular flexibility index (Phi) is 7.64. The molecular weight excluding hydrogens is 200 g/mol. The lowest BCUT2D eigenvalue weighted by Gasteiger charge is -2.23. The van der Waals surface area contributed by atoms with Gasteiger partial charge >= 0.3 is 0 Å². The highest BCUT2D eigenvalue weighted by molar-refractivity contribution is 5.00. The molecule has 0 fully saturated rings. The molecule has 0 heterocycles. The van der Waals surface area contributed by atoms with Gasteiger partial charge in [-0.15, -0.1) is 0 Å². The van der Waals surface area contributed by atoms with Crippen molar-refractivity contribution >= 4 is 0 Å². The van der Waals surface area contributed by atoms with E-state index in [1.165, 1.54) is 5.57 Å². The maximum absolute atomic E-state index is 5.31. The molecule has 16 heavy (non-hydrogen) atoms. The molecule has 0 saturated carbocycles. The van der Waals surface area contributed by atoms with Crippen LogP contribution in [0, 0.1) is 0 Å². The smallest absolute Gasteiger partial charge is 0.0593 e. The van der Waals surface area contributed by atoms with E-state index >= 15 is 0 Å². The van der Waals surface area contributed by atoms with Crippen LogP contribution in [0.25, 0.3) is 0 Å². The van der Waals surface area contributed by atoms with Crippen molar-refractivity contribution in [3.05, 3.63) is 12.2 Å². The van der Waals surface area contributed by atoms with Crippen molar-refractivity contribution in [1.82, 2.24) is 10.2 Å². The molecule has 3 heteroatoms. The van der Waals surface area contributed by atoms with Crippen LogP contribution in [0.5, 0.6) is 0 Å². The van der Waals surface area contributed by atoms with Crippen LogP contribution in [0.15, 0.2) is 12.2 Å². The monoisotopic (exact) mass is 228 g/mol. The van der Waals surface area contributed by atoms with Gasteiger partial charge < -0.3 is 15.0 Å². The first-order valence-corrected chi connectivity index (χ1v) is 6.03. The fourth-order valence-electron chi connectivity index (χ4n) is 1.27. The van der Waals surface area contributed by atoms with Crippen LogP contribution in [-0.2, 0) is 4.74 Å². The zero-order valence-electron chi connectivity index (χ0n) is 11.6. The van der Waals surface area contributed by atoms with E-state index in [0.717, 1.165) is 32.8 Å². The predicted octanol–water partition coefficient (Wildman–Crippen LogP) is 1.90. The Bertz CT molecular complexity index is 197. The molecule has 0 aromatic heterocycles. The molecule has 96 valence electrons. The minimum absolute atomic E-state index is 0.160. The Balaban J connectivity index is 3.62. The van der Waals surface area contributed by atoms with E-state index in [0.29, 0.717) is 0 Å². The van der Waals surface area contributed by atoms with Crippen molar-refractivity contribution in [3.63, 3.8) is 0 Å². The molecule has 0 bridgehead atoms. The molecule has 0 unspecified atom stereocenters. The Labute approximate surface area is 101 Å². The quantitative estimate of drug-likeness (QED) is 0.507. The molecule has 0 amide bonds. The summed E-state index contributed by atoms with van der Waals surface area (Å²) in [5, 5.41) is 3.44. The lowest BCUT2D eigenvalue weighted by molar-refractivity contribution is 0.124. The second kappa shape index (κ2) is 7.82. The molecular formula is C13H28N2O. The molecule has 3 nitrogen and oxygen atoms in total. The fourth-order valence-corrected chi connectivity index (χ4v) is 1.27. The maximum Gasteiger partial charge on any atom is 0.0593 e. The summed E-state index contributed by atoms with van der Waals surface area (Å²) < 4.78 is 5.31. The highest BCUT2D eigenvalue weighted by atomic mass is 16.5. The van der Waals surface area contributed by atoms with E-state index in [4.69, 9.17) is 4.74 Å². The third-order valence-corrected chi connectivity index (χ3v) is 2.18. The maximum atomic E-state index is 5.31. The molecule has 0 saturated heterocycles. The molecule has 0 spiro atoms. The summed E-state index contributed by atoms with van der Waals surface area (Å²) in [6, 6.07) is 0. The number of hydrogen-bond donors (Lipinski definition) is 1. The average Bonchev–Trinajstić information content (AvgIpc) is 2.14. The lowest BCUT2D eigenvalue weighted by atomic mass is 10.1. The van der Waals surface area contributed by atoms with E-state index in [1.807, 2.05) is 6.92 Å². The van der Waals surface area contributed by atoms with Crippen LogP contribution >= 0.6 is 0 Å². The van der Waals surface area contributed by atoms with E-state index in [1.54, 1.807) is 0 Å². The van der Waals surface area contributed by atoms with Gasteiger partial charge in [-0.3, -0.25) is 0 Å². The summed E-state index contributed by atoms with van der Waals surface area (Å²) in [7, 11) is 2.10. The normalized spacial score (nSPS) is 12.1. The van der Waals surface area contributed by atoms with Crippen molar-refractivity contribution in [2.24, 2.45) is 0 Å². The summed E-state index contributed by atoms with van der Waals surface area (Å²) in [6.07, 6.45) is 0. The van der Waals surface area contributed by atoms with Gasteiger partial charge in [-0.05, 0) is 40.3 Å². The molecule has 1 N–H and O–H groups in total. The average molecular weight is 228 g/mol. The van der Waals surface area contributed by atoms with Crippen LogP contribution in [0.2, 0.25) is 0 Å². The van der Waals surface area contributed by atoms with E-state index in [9.17, 15) is 0 Å². The van der Waals surface area contributed by atoms with Gasteiger partial charge in [0, 0.05) is 31.8 Å². The first kappa shape index (κ1) is 15.6. The highest BCUT2D eigenvalue weighted by Gasteiger charge is 2.09. The third-order valence-electron chi connectivity index (χ3n) is 2.18. The summed E-state index contributed by atoms with van der Waals surface area (Å²) in [5.74, 6) is 0. The largest absolute Gasteiger partial charge is 0.380 e. The van der Waals surface area contributed by atoms with Crippen LogP contribution in [0.4, 0.5) is 0 Å². The van der Waals surface area contributed by atoms with Crippen molar-refractivity contribution in [3.8, 4) is 0 Å². The molecule has 0 aliphatic heterocycles. The van der Waals surface area contributed by atoms with Gasteiger partial charge in [0.2, 0.25) is 0 Å². The minimum Gasteiger partial charge on any atom is -0.380 e. The topological polar surface area (TPSA) is 24.5 Å². The Hall–Kier alpha value is -0.380. The molecule has 0 rings (SSSR count). The number of nitrogens with zero attached hydrogens (tertiary/aromatic N) is 1. The highest BCUT2D eigenvalue weighted by Crippen LogP contribution is 2.00. The number of nitrogens with one attached hydrogen (secondary N) is 1. The number of rotatable bonds is 8. The second-order valence-corrected chi connectivity index (χ2v) is 5.29. The van der Waals surface area contributed by atoms with Crippen LogP contribution < -0.4 is 5.32 Å². The number of hydrogen-bond acceptors (Lipinski definition) is 3. The number of ether oxygens (including phenoxy) is 1. The van der Waals surface area contributed by atoms with Gasteiger partial charge in [-0.25, -0.2) is 0 Å². The Morgan fingerprint density at radius 3 is 2.50 bits per heavy atom. The van der Waals surface area contributed by atoms with Crippen molar-refractivity contribution in [2.45, 2.75) is 33.2 Å². The van der Waals surface area contributed by atoms with Gasteiger partial charge in [0.1, 0.15) is 0 Å². The van der Waals surface area contributed by atoms with Crippen LogP contribution in [0.3, 0.4) is 0 Å². The first-order chi connectivity index (χ1) is 7.35. The summed E-state index contributed by atoms with van der Waals surface area (Å²) in [5.41, 5.74) is 1.38. The van der Waals surface area contributed by atoms with Crippen LogP contribution in [0.1, 0.15) is 27.7 Å². The van der Waals surface area contributed by atoms with Crippen molar-refractivity contribution in [2.75, 3.05) is 39.9 Å². The van der Waals surface area contributed by atoms with E-state index in [2.05, 4.69) is 44.6 Å². The van der Waals surface area contributed by atoms with Crippen LogP contribution in [-0.4, -0.2) is 50.3 Å². The van der Waals surface area contributed by atoms with Crippen molar-refractivity contribution < 1.29 is 4.74 Å². The minimum atomic E-state index is 0.160. The Morgan fingerprint density at radius 2 is 2.00 bits per heavy atom. The molecule has 0 radical (unpaired) electrons. The fraction of sp³-hybridized carbons (Fsp3) is 0.846. The standard InChI is InChI=1S/C13H28N2O/c1-7-16-9-8-15(6)11-12(2)10-14-13(3,4)5/h14H,2,7-11H2,1,3-6H3. The van der Waals surface area contributed by atoms with Gasteiger partial charge in [0.05, 0.1) is 6.61 Å². The summed E-state index contributed by atoms with van der Waals surface area (Å²) >= 11 is 0. The Morgan fingerprint density at radius 1 is 1.38 bits per heavy atom. The van der Waals surface area contributed by atoms with Crippen molar-refractivity contribution in [1.29, 1.82) is 0 Å². The second-order valence-electron chi connectivity index (χ2n) is 5.29. The third kappa shape index (κ3) is 10.1. The molecule has 0 atom stereocenters. The van der Waals surface area contributed by atoms with Gasteiger partial charge in [-0.2, -0.15) is 0 Å². The molecule has 0 aliphatic rings. The van der Waals surface area contributed by atoms with Gasteiger partial charge in [0.25, 0.3) is 0 Å². The molecule has 0 aromatic carbocycles. The lowest BCUT2D eigenvalue weighted by Crippen LogP contribution is -2.38.